The Morgan fingerprint density at radius 3 is 2.26 bits per heavy atom. The zero-order chi connectivity index (χ0) is 22.8. The average Bonchev–Trinajstić information content (AvgIpc) is 3.26. The molecule has 0 fully saturated rings. The third-order valence-electron chi connectivity index (χ3n) is 4.92. The second-order valence-corrected chi connectivity index (χ2v) is 12.0. The highest BCUT2D eigenvalue weighted by Gasteiger charge is 2.32. The van der Waals surface area contributed by atoms with Gasteiger partial charge in [-0.15, -0.1) is 11.3 Å². The Hall–Kier alpha value is -2.27. The van der Waals surface area contributed by atoms with Crippen molar-refractivity contribution in [2.75, 3.05) is 13.7 Å². The molecule has 1 N–H and O–H groups in total. The standard InChI is InChI=1S/C21H22FNO5S3/c1-14-11-18(28-3)19(12-15(14)2)31(26,27)23-13-20(16-6-8-17(22)9-7-16)30(24,25)21-5-4-10-29-21/h4-12,20,23H,13H2,1-3H3/t20-/m0/s1. The van der Waals surface area contributed by atoms with Gasteiger partial charge in [-0.3, -0.25) is 0 Å². The average molecular weight is 484 g/mol. The minimum Gasteiger partial charge on any atom is -0.495 e. The van der Waals surface area contributed by atoms with Gasteiger partial charge in [-0.25, -0.2) is 25.9 Å². The highest BCUT2D eigenvalue weighted by molar-refractivity contribution is 7.93. The quantitative estimate of drug-likeness (QED) is 0.523. The number of sulfone groups is 1. The fourth-order valence-electron chi connectivity index (χ4n) is 3.05. The number of aryl methyl sites for hydroxylation is 2. The van der Waals surface area contributed by atoms with Crippen molar-refractivity contribution in [3.8, 4) is 5.75 Å². The van der Waals surface area contributed by atoms with Gasteiger partial charge >= 0.3 is 0 Å². The third-order valence-corrected chi connectivity index (χ3v) is 9.90. The summed E-state index contributed by atoms with van der Waals surface area (Å²) in [6.45, 7) is 3.18. The first-order valence-corrected chi connectivity index (χ1v) is 13.1. The maximum atomic E-state index is 13.4. The molecule has 0 saturated heterocycles. The van der Waals surface area contributed by atoms with Crippen molar-refractivity contribution in [2.45, 2.75) is 28.2 Å². The zero-order valence-electron chi connectivity index (χ0n) is 17.1. The van der Waals surface area contributed by atoms with E-state index in [4.69, 9.17) is 4.74 Å². The van der Waals surface area contributed by atoms with Crippen LogP contribution in [0, 0.1) is 19.7 Å². The van der Waals surface area contributed by atoms with Crippen LogP contribution in [0.4, 0.5) is 4.39 Å². The van der Waals surface area contributed by atoms with Crippen molar-refractivity contribution < 1.29 is 26.0 Å². The van der Waals surface area contributed by atoms with Crippen LogP contribution in [0.2, 0.25) is 0 Å². The summed E-state index contributed by atoms with van der Waals surface area (Å²) in [6.07, 6.45) is 0. The summed E-state index contributed by atoms with van der Waals surface area (Å²) in [4.78, 5) is -0.0792. The number of halogens is 1. The zero-order valence-corrected chi connectivity index (χ0v) is 19.6. The number of hydrogen-bond donors (Lipinski definition) is 1. The van der Waals surface area contributed by atoms with E-state index in [2.05, 4.69) is 4.72 Å². The summed E-state index contributed by atoms with van der Waals surface area (Å²) < 4.78 is 73.6. The van der Waals surface area contributed by atoms with Crippen LogP contribution in [0.25, 0.3) is 0 Å². The molecule has 31 heavy (non-hydrogen) atoms. The largest absolute Gasteiger partial charge is 0.495 e. The topological polar surface area (TPSA) is 89.5 Å². The minimum atomic E-state index is -4.09. The maximum absolute atomic E-state index is 13.4. The Morgan fingerprint density at radius 1 is 1.03 bits per heavy atom. The minimum absolute atomic E-state index is 0.0792. The van der Waals surface area contributed by atoms with E-state index in [1.54, 1.807) is 24.4 Å². The maximum Gasteiger partial charge on any atom is 0.244 e. The molecule has 0 saturated carbocycles. The Labute approximate surface area is 185 Å². The molecule has 0 aliphatic heterocycles. The Morgan fingerprint density at radius 2 is 1.68 bits per heavy atom. The highest BCUT2D eigenvalue weighted by atomic mass is 32.2. The van der Waals surface area contributed by atoms with Crippen molar-refractivity contribution in [2.24, 2.45) is 0 Å². The molecular formula is C21H22FNO5S3. The van der Waals surface area contributed by atoms with Crippen LogP contribution in [0.15, 0.2) is 63.0 Å². The van der Waals surface area contributed by atoms with E-state index in [0.717, 1.165) is 34.6 Å². The lowest BCUT2D eigenvalue weighted by Gasteiger charge is -2.19. The van der Waals surface area contributed by atoms with Gasteiger partial charge in [0.15, 0.2) is 9.84 Å². The molecule has 3 rings (SSSR count). The van der Waals surface area contributed by atoms with Gasteiger partial charge in [0.25, 0.3) is 0 Å². The van der Waals surface area contributed by atoms with Crippen molar-refractivity contribution in [3.05, 3.63) is 76.4 Å². The molecule has 1 heterocycles. The van der Waals surface area contributed by atoms with Crippen LogP contribution in [0.3, 0.4) is 0 Å². The van der Waals surface area contributed by atoms with Gasteiger partial charge in [0.05, 0.1) is 7.11 Å². The van der Waals surface area contributed by atoms with Gasteiger partial charge in [0.1, 0.15) is 25.9 Å². The highest BCUT2D eigenvalue weighted by Crippen LogP contribution is 2.32. The van der Waals surface area contributed by atoms with E-state index in [1.807, 2.05) is 6.92 Å². The molecule has 0 radical (unpaired) electrons. The van der Waals surface area contributed by atoms with Gasteiger partial charge in [0.2, 0.25) is 10.0 Å². The van der Waals surface area contributed by atoms with E-state index < -0.39 is 37.5 Å². The lowest BCUT2D eigenvalue weighted by molar-refractivity contribution is 0.402. The first kappa shape index (κ1) is 23.4. The predicted molar refractivity (Wildman–Crippen MR) is 118 cm³/mol. The molecule has 1 aromatic heterocycles. The van der Waals surface area contributed by atoms with E-state index in [1.165, 1.54) is 31.4 Å². The summed E-state index contributed by atoms with van der Waals surface area (Å²) in [5, 5.41) is 0.387. The number of ether oxygens (including phenoxy) is 1. The van der Waals surface area contributed by atoms with Crippen molar-refractivity contribution in [3.63, 3.8) is 0 Å². The molecule has 0 bridgehead atoms. The molecule has 0 spiro atoms. The van der Waals surface area contributed by atoms with Crippen LogP contribution < -0.4 is 9.46 Å². The lowest BCUT2D eigenvalue weighted by Crippen LogP contribution is -2.32. The molecule has 0 unspecified atom stereocenters. The van der Waals surface area contributed by atoms with Gasteiger partial charge in [-0.05, 0) is 66.2 Å². The number of rotatable bonds is 8. The lowest BCUT2D eigenvalue weighted by atomic mass is 10.1. The van der Waals surface area contributed by atoms with E-state index in [-0.39, 0.29) is 20.4 Å². The first-order valence-electron chi connectivity index (χ1n) is 9.24. The molecule has 6 nitrogen and oxygen atoms in total. The molecule has 2 aromatic carbocycles. The van der Waals surface area contributed by atoms with E-state index >= 15 is 0 Å². The Balaban J connectivity index is 1.99. The molecular weight excluding hydrogens is 461 g/mol. The Bertz CT molecular complexity index is 1270. The number of sulfonamides is 1. The molecule has 1 atom stereocenters. The molecule has 0 aliphatic rings. The number of nitrogens with one attached hydrogen (secondary N) is 1. The molecule has 166 valence electrons. The SMILES string of the molecule is COc1cc(C)c(C)cc1S(=O)(=O)NC[C@@H](c1ccc(F)cc1)S(=O)(=O)c1cccs1. The Kier molecular flexibility index (Phi) is 6.85. The number of hydrogen-bond acceptors (Lipinski definition) is 6. The fourth-order valence-corrected chi connectivity index (χ4v) is 7.30. The molecule has 0 aliphatic carbocycles. The normalized spacial score (nSPS) is 13.2. The fraction of sp³-hybridized carbons (Fsp3) is 0.238. The van der Waals surface area contributed by atoms with Crippen LogP contribution in [0.1, 0.15) is 21.9 Å². The van der Waals surface area contributed by atoms with Gasteiger partial charge in [-0.1, -0.05) is 18.2 Å². The van der Waals surface area contributed by atoms with Crippen molar-refractivity contribution in [1.82, 2.24) is 4.72 Å². The number of methoxy groups -OCH3 is 1. The number of thiophene rings is 1. The predicted octanol–water partition coefficient (Wildman–Crippen LogP) is 4.01. The summed E-state index contributed by atoms with van der Waals surface area (Å²) in [6, 6.07) is 11.1. The first-order chi connectivity index (χ1) is 14.6. The van der Waals surface area contributed by atoms with E-state index in [0.29, 0.717) is 0 Å². The van der Waals surface area contributed by atoms with Gasteiger partial charge < -0.3 is 4.74 Å². The van der Waals surface area contributed by atoms with Crippen LogP contribution in [-0.2, 0) is 19.9 Å². The summed E-state index contributed by atoms with van der Waals surface area (Å²) in [5.41, 5.74) is 1.90. The van der Waals surface area contributed by atoms with Crippen LogP contribution in [-0.4, -0.2) is 30.5 Å². The monoisotopic (exact) mass is 483 g/mol. The number of benzene rings is 2. The third kappa shape index (κ3) is 4.98. The summed E-state index contributed by atoms with van der Waals surface area (Å²) in [5.74, 6) is -0.355. The molecule has 0 amide bonds. The molecule has 10 heteroatoms. The second kappa shape index (κ2) is 9.07. The smallest absolute Gasteiger partial charge is 0.244 e. The summed E-state index contributed by atoms with van der Waals surface area (Å²) >= 11 is 1.04. The van der Waals surface area contributed by atoms with Gasteiger partial charge in [-0.2, -0.15) is 0 Å². The summed E-state index contributed by atoms with van der Waals surface area (Å²) in [7, 11) is -6.65. The molecule has 3 aromatic rings. The van der Waals surface area contributed by atoms with Crippen LogP contribution in [0.5, 0.6) is 5.75 Å². The van der Waals surface area contributed by atoms with E-state index in [9.17, 15) is 21.2 Å². The van der Waals surface area contributed by atoms with Crippen molar-refractivity contribution in [1.29, 1.82) is 0 Å². The van der Waals surface area contributed by atoms with Crippen LogP contribution >= 0.6 is 11.3 Å². The van der Waals surface area contributed by atoms with Crippen molar-refractivity contribution >= 4 is 31.2 Å². The van der Waals surface area contributed by atoms with Gasteiger partial charge in [0, 0.05) is 6.54 Å². The second-order valence-electron chi connectivity index (χ2n) is 6.96.